The number of benzene rings is 2. The largest absolute Gasteiger partial charge is 0.469 e. The first-order valence-corrected chi connectivity index (χ1v) is 14.1. The molecule has 0 amide bonds. The minimum atomic E-state index is -3.78. The summed E-state index contributed by atoms with van der Waals surface area (Å²) in [5.74, 6) is -0.717. The normalized spacial score (nSPS) is 19.9. The molecule has 3 aromatic rings. The Morgan fingerprint density at radius 2 is 1.79 bits per heavy atom. The van der Waals surface area contributed by atoms with Gasteiger partial charge >= 0.3 is 5.97 Å². The van der Waals surface area contributed by atoms with Gasteiger partial charge in [0, 0.05) is 18.5 Å². The van der Waals surface area contributed by atoms with Gasteiger partial charge < -0.3 is 4.74 Å². The number of piperidine rings is 1. The molecule has 0 radical (unpaired) electrons. The van der Waals surface area contributed by atoms with Gasteiger partial charge in [0.05, 0.1) is 36.0 Å². The summed E-state index contributed by atoms with van der Waals surface area (Å²) in [4.78, 5) is 12.8. The van der Waals surface area contributed by atoms with Crippen LogP contribution in [-0.2, 0) is 31.4 Å². The van der Waals surface area contributed by atoms with Crippen LogP contribution in [0.5, 0.6) is 0 Å². The van der Waals surface area contributed by atoms with Crippen LogP contribution in [0.2, 0.25) is 0 Å². The van der Waals surface area contributed by atoms with Crippen molar-refractivity contribution in [3.63, 3.8) is 0 Å². The molecule has 1 aromatic heterocycles. The molecule has 1 saturated heterocycles. The van der Waals surface area contributed by atoms with Gasteiger partial charge in [-0.05, 0) is 71.9 Å². The zero-order valence-corrected chi connectivity index (χ0v) is 22.9. The molecule has 2 heterocycles. The Balaban J connectivity index is 1.50. The van der Waals surface area contributed by atoms with E-state index in [4.69, 9.17) is 4.74 Å². The monoisotopic (exact) mass is 537 g/mol. The van der Waals surface area contributed by atoms with E-state index in [0.717, 1.165) is 28.1 Å². The maximum Gasteiger partial charge on any atom is 0.306 e. The molecule has 0 saturated carbocycles. The smallest absolute Gasteiger partial charge is 0.306 e. The highest BCUT2D eigenvalue weighted by atomic mass is 32.2. The highest BCUT2D eigenvalue weighted by molar-refractivity contribution is 7.89. The number of rotatable bonds is 5. The lowest BCUT2D eigenvalue weighted by atomic mass is 9.67. The van der Waals surface area contributed by atoms with Crippen LogP contribution in [-0.4, -0.2) is 48.7 Å². The molecule has 38 heavy (non-hydrogen) atoms. The molecule has 1 atom stereocenters. The summed E-state index contributed by atoms with van der Waals surface area (Å²) in [6, 6.07) is 13.2. The molecule has 1 aliphatic carbocycles. The number of nitrogens with zero attached hydrogens (tertiary/aromatic N) is 3. The summed E-state index contributed by atoms with van der Waals surface area (Å²) >= 11 is 0. The molecule has 5 rings (SSSR count). The van der Waals surface area contributed by atoms with Crippen molar-refractivity contribution in [3.8, 4) is 5.69 Å². The van der Waals surface area contributed by atoms with Gasteiger partial charge in [0.25, 0.3) is 0 Å². The molecule has 1 unspecified atom stereocenters. The molecule has 0 spiro atoms. The Morgan fingerprint density at radius 1 is 1.11 bits per heavy atom. The van der Waals surface area contributed by atoms with Crippen molar-refractivity contribution in [1.29, 1.82) is 0 Å². The van der Waals surface area contributed by atoms with Gasteiger partial charge in [0.15, 0.2) is 0 Å². The Hall–Kier alpha value is -3.30. The fraction of sp³-hybridized carbons (Fsp3) is 0.379. The third-order valence-corrected chi connectivity index (χ3v) is 9.52. The van der Waals surface area contributed by atoms with E-state index in [9.17, 15) is 17.6 Å². The minimum Gasteiger partial charge on any atom is -0.469 e. The van der Waals surface area contributed by atoms with Gasteiger partial charge in [-0.1, -0.05) is 38.5 Å². The van der Waals surface area contributed by atoms with Crippen LogP contribution in [0, 0.1) is 11.2 Å². The minimum absolute atomic E-state index is 0.0610. The van der Waals surface area contributed by atoms with Crippen LogP contribution in [0.15, 0.2) is 65.2 Å². The summed E-state index contributed by atoms with van der Waals surface area (Å²) in [6.45, 7) is 6.72. The lowest BCUT2D eigenvalue weighted by Gasteiger charge is -2.45. The van der Waals surface area contributed by atoms with E-state index in [1.807, 2.05) is 18.2 Å². The molecule has 0 bridgehead atoms. The second-order valence-corrected chi connectivity index (χ2v) is 13.1. The Morgan fingerprint density at radius 3 is 2.42 bits per heavy atom. The number of ether oxygens (including phenoxy) is 1. The number of carbonyl (C=O) groups excluding carboxylic acids is 1. The molecular weight excluding hydrogens is 505 g/mol. The van der Waals surface area contributed by atoms with Crippen LogP contribution >= 0.6 is 0 Å². The number of esters is 1. The van der Waals surface area contributed by atoms with Gasteiger partial charge in [0.2, 0.25) is 10.0 Å². The van der Waals surface area contributed by atoms with Crippen LogP contribution in [0.3, 0.4) is 0 Å². The lowest BCUT2D eigenvalue weighted by Crippen LogP contribution is -2.50. The number of fused-ring (bicyclic) bond motifs is 2. The molecular formula is C29H32FN3O4S. The SMILES string of the molecule is COC(=O)CC12Cc3cnn(-c4ccc(F)cc4)c3C=C1CCN(S(=O)(=O)c1ccc(C(C)(C)C)cc1)C2. The number of hydrogen-bond acceptors (Lipinski definition) is 5. The maximum atomic E-state index is 13.7. The molecule has 2 aromatic carbocycles. The predicted octanol–water partition coefficient (Wildman–Crippen LogP) is 4.89. The third-order valence-electron chi connectivity index (χ3n) is 7.66. The van der Waals surface area contributed by atoms with Gasteiger partial charge in [-0.25, -0.2) is 17.5 Å². The van der Waals surface area contributed by atoms with Gasteiger partial charge in [-0.15, -0.1) is 0 Å². The third kappa shape index (κ3) is 4.69. The number of sulfonamides is 1. The Labute approximate surface area is 223 Å². The van der Waals surface area contributed by atoms with E-state index in [2.05, 4.69) is 25.9 Å². The molecule has 0 N–H and O–H groups in total. The number of carbonyl (C=O) groups is 1. The standard InChI is InChI=1S/C29H32FN3O4S/c1-28(2,3)21-5-11-25(12-6-21)38(35,36)32-14-13-22-15-26-20(16-29(22,19-32)17-27(34)37-4)18-31-33(26)24-9-7-23(30)8-10-24/h5-12,15,18H,13-14,16-17,19H2,1-4H3. The first-order valence-electron chi connectivity index (χ1n) is 12.6. The fourth-order valence-corrected chi connectivity index (χ4v) is 7.01. The van der Waals surface area contributed by atoms with Crippen molar-refractivity contribution in [3.05, 3.63) is 82.9 Å². The molecule has 7 nitrogen and oxygen atoms in total. The van der Waals surface area contributed by atoms with Crippen molar-refractivity contribution < 1.29 is 22.3 Å². The summed E-state index contributed by atoms with van der Waals surface area (Å²) in [6.07, 6.45) is 4.74. The maximum absolute atomic E-state index is 13.7. The van der Waals surface area contributed by atoms with Gasteiger partial charge in [0.1, 0.15) is 5.82 Å². The van der Waals surface area contributed by atoms with E-state index in [0.29, 0.717) is 19.4 Å². The number of halogens is 1. The van der Waals surface area contributed by atoms with Crippen molar-refractivity contribution in [2.45, 2.75) is 50.3 Å². The average molecular weight is 538 g/mol. The second kappa shape index (κ2) is 9.47. The molecule has 1 fully saturated rings. The highest BCUT2D eigenvalue weighted by Crippen LogP contribution is 2.47. The first kappa shape index (κ1) is 26.3. The Kier molecular flexibility index (Phi) is 6.55. The predicted molar refractivity (Wildman–Crippen MR) is 143 cm³/mol. The number of aromatic nitrogens is 2. The fourth-order valence-electron chi connectivity index (χ4n) is 5.48. The first-order chi connectivity index (χ1) is 17.9. The quantitative estimate of drug-likeness (QED) is 0.433. The topological polar surface area (TPSA) is 81.5 Å². The Bertz CT molecular complexity index is 1500. The average Bonchev–Trinajstić information content (AvgIpc) is 3.28. The van der Waals surface area contributed by atoms with Crippen LogP contribution in [0.4, 0.5) is 4.39 Å². The van der Waals surface area contributed by atoms with Crippen LogP contribution in [0.1, 0.15) is 50.4 Å². The molecule has 9 heteroatoms. The van der Waals surface area contributed by atoms with E-state index in [1.165, 1.54) is 23.5 Å². The summed E-state index contributed by atoms with van der Waals surface area (Å²) in [7, 11) is -2.43. The summed E-state index contributed by atoms with van der Waals surface area (Å²) in [5.41, 5.74) is 3.71. The van der Waals surface area contributed by atoms with Crippen molar-refractivity contribution in [1.82, 2.24) is 14.1 Å². The van der Waals surface area contributed by atoms with Gasteiger partial charge in [-0.2, -0.15) is 9.40 Å². The van der Waals surface area contributed by atoms with Crippen LogP contribution < -0.4 is 0 Å². The van der Waals surface area contributed by atoms with Gasteiger partial charge in [-0.3, -0.25) is 4.79 Å². The van der Waals surface area contributed by atoms with Crippen molar-refractivity contribution in [2.24, 2.45) is 5.41 Å². The van der Waals surface area contributed by atoms with E-state index < -0.39 is 15.4 Å². The zero-order valence-electron chi connectivity index (χ0n) is 22.1. The van der Waals surface area contributed by atoms with E-state index >= 15 is 0 Å². The van der Waals surface area contributed by atoms with E-state index in [-0.39, 0.29) is 35.1 Å². The second-order valence-electron chi connectivity index (χ2n) is 11.2. The van der Waals surface area contributed by atoms with Crippen molar-refractivity contribution in [2.75, 3.05) is 20.2 Å². The zero-order chi connectivity index (χ0) is 27.3. The number of methoxy groups -OCH3 is 1. The van der Waals surface area contributed by atoms with Crippen LogP contribution in [0.25, 0.3) is 11.8 Å². The molecule has 1 aliphatic heterocycles. The lowest BCUT2D eigenvalue weighted by molar-refractivity contribution is -0.143. The summed E-state index contributed by atoms with van der Waals surface area (Å²) < 4.78 is 49.2. The molecule has 2 aliphatic rings. The molecule has 200 valence electrons. The summed E-state index contributed by atoms with van der Waals surface area (Å²) in [5, 5.41) is 4.53. The highest BCUT2D eigenvalue weighted by Gasteiger charge is 2.47. The number of hydrogen-bond donors (Lipinski definition) is 0. The van der Waals surface area contributed by atoms with Crippen molar-refractivity contribution >= 4 is 22.1 Å². The van der Waals surface area contributed by atoms with E-state index in [1.54, 1.807) is 35.1 Å².